The summed E-state index contributed by atoms with van der Waals surface area (Å²) in [5.41, 5.74) is 0.630. The third-order valence-electron chi connectivity index (χ3n) is 3.14. The molecule has 2 rings (SSSR count). The first-order chi connectivity index (χ1) is 8.70. The summed E-state index contributed by atoms with van der Waals surface area (Å²) in [5, 5.41) is 3.71. The Hall–Kier alpha value is -0.550. The Morgan fingerprint density at radius 1 is 1.56 bits per heavy atom. The number of hydrogen-bond acceptors (Lipinski definition) is 3. The first-order valence-corrected chi connectivity index (χ1v) is 8.09. The number of amides is 1. The molecule has 1 fully saturated rings. The molecule has 0 aliphatic heterocycles. The van der Waals surface area contributed by atoms with Gasteiger partial charge in [0, 0.05) is 17.5 Å². The molecule has 1 aliphatic carbocycles. The highest BCUT2D eigenvalue weighted by molar-refractivity contribution is 9.10. The van der Waals surface area contributed by atoms with Crippen molar-refractivity contribution >= 4 is 33.6 Å². The second kappa shape index (κ2) is 6.57. The summed E-state index contributed by atoms with van der Waals surface area (Å²) in [6.07, 6.45) is 5.12. The fraction of sp³-hybridized carbons (Fsp3) is 0.538. The van der Waals surface area contributed by atoms with Gasteiger partial charge in [0.25, 0.3) is 5.91 Å². The molecule has 1 amide bonds. The molecule has 2 unspecified atom stereocenters. The van der Waals surface area contributed by atoms with E-state index in [4.69, 9.17) is 0 Å². The molecule has 0 radical (unpaired) electrons. The molecular formula is C13H17BrN2OS. The second-order valence-electron chi connectivity index (χ2n) is 4.37. The third kappa shape index (κ3) is 3.48. The van der Waals surface area contributed by atoms with Crippen molar-refractivity contribution in [2.24, 2.45) is 0 Å². The van der Waals surface area contributed by atoms with Gasteiger partial charge in [0.1, 0.15) is 4.60 Å². The van der Waals surface area contributed by atoms with E-state index in [9.17, 15) is 4.79 Å². The van der Waals surface area contributed by atoms with E-state index >= 15 is 0 Å². The standard InChI is InChI=1S/C13H17BrN2OS/c1-2-18-11-5-3-4-10(11)16-13(17)9-6-7-12(14)15-8-9/h6-8,10-11H,2-5H2,1H3,(H,16,17). The molecule has 5 heteroatoms. The summed E-state index contributed by atoms with van der Waals surface area (Å²) >= 11 is 5.22. The van der Waals surface area contributed by atoms with Crippen LogP contribution in [-0.2, 0) is 0 Å². The van der Waals surface area contributed by atoms with Gasteiger partial charge in [-0.3, -0.25) is 4.79 Å². The molecule has 3 nitrogen and oxygen atoms in total. The summed E-state index contributed by atoms with van der Waals surface area (Å²) < 4.78 is 0.749. The van der Waals surface area contributed by atoms with E-state index in [1.807, 2.05) is 11.8 Å². The Bertz CT molecular complexity index is 410. The minimum Gasteiger partial charge on any atom is -0.348 e. The molecular weight excluding hydrogens is 312 g/mol. The molecule has 2 atom stereocenters. The zero-order valence-electron chi connectivity index (χ0n) is 10.4. The van der Waals surface area contributed by atoms with Crippen LogP contribution in [0.2, 0.25) is 0 Å². The molecule has 0 saturated heterocycles. The Morgan fingerprint density at radius 2 is 2.39 bits per heavy atom. The quantitative estimate of drug-likeness (QED) is 0.862. The van der Waals surface area contributed by atoms with Crippen molar-refractivity contribution in [1.29, 1.82) is 0 Å². The van der Waals surface area contributed by atoms with Gasteiger partial charge in [-0.15, -0.1) is 0 Å². The topological polar surface area (TPSA) is 42.0 Å². The molecule has 1 saturated carbocycles. The van der Waals surface area contributed by atoms with E-state index < -0.39 is 0 Å². The van der Waals surface area contributed by atoms with Crippen LogP contribution in [0.3, 0.4) is 0 Å². The SMILES string of the molecule is CCSC1CCCC1NC(=O)c1ccc(Br)nc1. The molecule has 1 aromatic rings. The number of nitrogens with one attached hydrogen (secondary N) is 1. The van der Waals surface area contributed by atoms with Crippen molar-refractivity contribution in [2.45, 2.75) is 37.5 Å². The smallest absolute Gasteiger partial charge is 0.253 e. The van der Waals surface area contributed by atoms with Gasteiger partial charge < -0.3 is 5.32 Å². The first-order valence-electron chi connectivity index (χ1n) is 6.24. The van der Waals surface area contributed by atoms with Crippen LogP contribution in [0.4, 0.5) is 0 Å². The van der Waals surface area contributed by atoms with Gasteiger partial charge in [0.2, 0.25) is 0 Å². The number of hydrogen-bond donors (Lipinski definition) is 1. The van der Waals surface area contributed by atoms with Crippen molar-refractivity contribution in [1.82, 2.24) is 10.3 Å². The van der Waals surface area contributed by atoms with Crippen LogP contribution >= 0.6 is 27.7 Å². The Morgan fingerprint density at radius 3 is 3.06 bits per heavy atom. The molecule has 98 valence electrons. The summed E-state index contributed by atoms with van der Waals surface area (Å²) in [4.78, 5) is 16.2. The van der Waals surface area contributed by atoms with Crippen molar-refractivity contribution in [3.63, 3.8) is 0 Å². The monoisotopic (exact) mass is 328 g/mol. The predicted octanol–water partition coefficient (Wildman–Crippen LogP) is 3.25. The maximum Gasteiger partial charge on any atom is 0.253 e. The third-order valence-corrected chi connectivity index (χ3v) is 4.93. The number of carbonyl (C=O) groups is 1. The first kappa shape index (κ1) is 13.9. The Balaban J connectivity index is 1.96. The summed E-state index contributed by atoms with van der Waals surface area (Å²) in [5.74, 6) is 1.10. The van der Waals surface area contributed by atoms with Gasteiger partial charge >= 0.3 is 0 Å². The number of pyridine rings is 1. The maximum atomic E-state index is 12.1. The van der Waals surface area contributed by atoms with Crippen LogP contribution in [0.25, 0.3) is 0 Å². The van der Waals surface area contributed by atoms with Gasteiger partial charge in [0.05, 0.1) is 5.56 Å². The van der Waals surface area contributed by atoms with E-state index in [1.165, 1.54) is 12.8 Å². The highest BCUT2D eigenvalue weighted by Crippen LogP contribution is 2.30. The highest BCUT2D eigenvalue weighted by atomic mass is 79.9. The summed E-state index contributed by atoms with van der Waals surface area (Å²) in [7, 11) is 0. The lowest BCUT2D eigenvalue weighted by atomic mass is 10.2. The maximum absolute atomic E-state index is 12.1. The normalized spacial score (nSPS) is 23.0. The van der Waals surface area contributed by atoms with Crippen LogP contribution in [0.1, 0.15) is 36.5 Å². The van der Waals surface area contributed by atoms with E-state index in [-0.39, 0.29) is 5.91 Å². The van der Waals surface area contributed by atoms with Gasteiger partial charge in [-0.2, -0.15) is 11.8 Å². The number of thioether (sulfide) groups is 1. The van der Waals surface area contributed by atoms with Crippen molar-refractivity contribution in [2.75, 3.05) is 5.75 Å². The van der Waals surface area contributed by atoms with Crippen LogP contribution < -0.4 is 5.32 Å². The molecule has 0 aromatic carbocycles. The number of carbonyl (C=O) groups excluding carboxylic acids is 1. The lowest BCUT2D eigenvalue weighted by Crippen LogP contribution is -2.38. The Kier molecular flexibility index (Phi) is 5.06. The molecule has 18 heavy (non-hydrogen) atoms. The second-order valence-corrected chi connectivity index (χ2v) is 6.70. The number of nitrogens with zero attached hydrogens (tertiary/aromatic N) is 1. The molecule has 1 aliphatic rings. The van der Waals surface area contributed by atoms with Crippen LogP contribution in [-0.4, -0.2) is 27.9 Å². The van der Waals surface area contributed by atoms with E-state index in [0.29, 0.717) is 16.9 Å². The highest BCUT2D eigenvalue weighted by Gasteiger charge is 2.28. The fourth-order valence-electron chi connectivity index (χ4n) is 2.27. The van der Waals surface area contributed by atoms with Gasteiger partial charge in [0.15, 0.2) is 0 Å². The van der Waals surface area contributed by atoms with Crippen LogP contribution in [0.15, 0.2) is 22.9 Å². The number of halogens is 1. The zero-order valence-corrected chi connectivity index (χ0v) is 12.8. The van der Waals surface area contributed by atoms with Crippen molar-refractivity contribution in [3.8, 4) is 0 Å². The number of aromatic nitrogens is 1. The summed E-state index contributed by atoms with van der Waals surface area (Å²) in [6.45, 7) is 2.17. The van der Waals surface area contributed by atoms with Crippen LogP contribution in [0, 0.1) is 0 Å². The van der Waals surface area contributed by atoms with Crippen LogP contribution in [0.5, 0.6) is 0 Å². The zero-order chi connectivity index (χ0) is 13.0. The van der Waals surface area contributed by atoms with Gasteiger partial charge in [-0.25, -0.2) is 4.98 Å². The predicted molar refractivity (Wildman–Crippen MR) is 79.0 cm³/mol. The van der Waals surface area contributed by atoms with E-state index in [2.05, 4.69) is 33.2 Å². The van der Waals surface area contributed by atoms with Crippen molar-refractivity contribution < 1.29 is 4.79 Å². The van der Waals surface area contributed by atoms with E-state index in [1.54, 1.807) is 18.3 Å². The lowest BCUT2D eigenvalue weighted by molar-refractivity contribution is 0.0938. The lowest BCUT2D eigenvalue weighted by Gasteiger charge is -2.20. The minimum absolute atomic E-state index is 0.0106. The molecule has 1 heterocycles. The van der Waals surface area contributed by atoms with Gasteiger partial charge in [-0.05, 0) is 46.7 Å². The molecule has 1 N–H and O–H groups in total. The minimum atomic E-state index is -0.0106. The molecule has 0 bridgehead atoms. The Labute approximate surface area is 120 Å². The largest absolute Gasteiger partial charge is 0.348 e. The van der Waals surface area contributed by atoms with Gasteiger partial charge in [-0.1, -0.05) is 13.3 Å². The molecule has 1 aromatic heterocycles. The average Bonchev–Trinajstić information content (AvgIpc) is 2.78. The number of rotatable bonds is 4. The molecule has 0 spiro atoms. The fourth-order valence-corrected chi connectivity index (χ4v) is 3.70. The average molecular weight is 329 g/mol. The summed E-state index contributed by atoms with van der Waals surface area (Å²) in [6, 6.07) is 3.90. The van der Waals surface area contributed by atoms with E-state index in [0.717, 1.165) is 16.8 Å². The van der Waals surface area contributed by atoms with Crippen molar-refractivity contribution in [3.05, 3.63) is 28.5 Å².